The van der Waals surface area contributed by atoms with E-state index in [1.165, 1.54) is 0 Å². The molecule has 1 atom stereocenters. The standard InChI is InChI=1S/C18H20N4O/c1-3-14(17-11-12-19-22(17)2)21-18(23)16-10-9-15(20-16)13-7-5-4-6-8-13/h4-12,14,20H,3H2,1-2H3,(H,21,23)/t14-/m0/s1. The SMILES string of the molecule is CC[C@H](NC(=O)c1ccc(-c2ccccc2)[nH]1)c1ccnn1C. The molecule has 2 N–H and O–H groups in total. The Bertz CT molecular complexity index is 788. The molecule has 0 saturated carbocycles. The second kappa shape index (κ2) is 6.52. The van der Waals surface area contributed by atoms with Gasteiger partial charge in [0.05, 0.1) is 11.7 Å². The second-order valence-electron chi connectivity index (χ2n) is 5.47. The molecule has 3 rings (SSSR count). The normalized spacial score (nSPS) is 12.1. The summed E-state index contributed by atoms with van der Waals surface area (Å²) in [7, 11) is 1.88. The molecule has 0 aliphatic rings. The fraction of sp³-hybridized carbons (Fsp3) is 0.222. The maximum atomic E-state index is 12.5. The third kappa shape index (κ3) is 3.18. The second-order valence-corrected chi connectivity index (χ2v) is 5.47. The van der Waals surface area contributed by atoms with Gasteiger partial charge in [0.25, 0.3) is 5.91 Å². The number of aryl methyl sites for hydroxylation is 1. The summed E-state index contributed by atoms with van der Waals surface area (Å²) in [6.07, 6.45) is 2.55. The number of aromatic nitrogens is 3. The Morgan fingerprint density at radius 2 is 2.00 bits per heavy atom. The zero-order chi connectivity index (χ0) is 16.2. The fourth-order valence-electron chi connectivity index (χ4n) is 2.66. The summed E-state index contributed by atoms with van der Waals surface area (Å²) in [5.41, 5.74) is 3.55. The van der Waals surface area contributed by atoms with E-state index in [9.17, 15) is 4.79 Å². The Kier molecular flexibility index (Phi) is 4.28. The molecule has 118 valence electrons. The highest BCUT2D eigenvalue weighted by Crippen LogP contribution is 2.19. The van der Waals surface area contributed by atoms with Crippen LogP contribution in [-0.2, 0) is 7.05 Å². The highest BCUT2D eigenvalue weighted by Gasteiger charge is 2.17. The molecule has 3 aromatic rings. The van der Waals surface area contributed by atoms with Crippen molar-refractivity contribution >= 4 is 5.91 Å². The highest BCUT2D eigenvalue weighted by atomic mass is 16.1. The van der Waals surface area contributed by atoms with Crippen LogP contribution in [0.3, 0.4) is 0 Å². The van der Waals surface area contributed by atoms with Gasteiger partial charge in [-0.25, -0.2) is 0 Å². The van der Waals surface area contributed by atoms with Crippen LogP contribution in [0.25, 0.3) is 11.3 Å². The van der Waals surface area contributed by atoms with Crippen LogP contribution in [-0.4, -0.2) is 20.7 Å². The van der Waals surface area contributed by atoms with Gasteiger partial charge in [0.1, 0.15) is 5.69 Å². The van der Waals surface area contributed by atoms with Gasteiger partial charge in [-0.05, 0) is 30.2 Å². The Morgan fingerprint density at radius 3 is 2.65 bits per heavy atom. The summed E-state index contributed by atoms with van der Waals surface area (Å²) in [6.45, 7) is 2.04. The molecule has 2 aromatic heterocycles. The van der Waals surface area contributed by atoms with E-state index in [1.807, 2.05) is 62.5 Å². The van der Waals surface area contributed by atoms with Crippen molar-refractivity contribution in [2.45, 2.75) is 19.4 Å². The lowest BCUT2D eigenvalue weighted by Gasteiger charge is -2.16. The van der Waals surface area contributed by atoms with Crippen molar-refractivity contribution in [3.05, 3.63) is 66.1 Å². The van der Waals surface area contributed by atoms with Gasteiger partial charge in [-0.1, -0.05) is 37.3 Å². The summed E-state index contributed by atoms with van der Waals surface area (Å²) < 4.78 is 1.79. The number of nitrogens with zero attached hydrogens (tertiary/aromatic N) is 2. The number of benzene rings is 1. The monoisotopic (exact) mass is 308 g/mol. The van der Waals surface area contributed by atoms with Crippen LogP contribution in [0.1, 0.15) is 35.6 Å². The van der Waals surface area contributed by atoms with Crippen molar-refractivity contribution in [2.24, 2.45) is 7.05 Å². The van der Waals surface area contributed by atoms with Crippen LogP contribution in [0.15, 0.2) is 54.7 Å². The van der Waals surface area contributed by atoms with Crippen LogP contribution >= 0.6 is 0 Å². The van der Waals surface area contributed by atoms with Gasteiger partial charge in [0.15, 0.2) is 0 Å². The van der Waals surface area contributed by atoms with Crippen molar-refractivity contribution in [1.82, 2.24) is 20.1 Å². The molecule has 5 heteroatoms. The predicted molar refractivity (Wildman–Crippen MR) is 89.9 cm³/mol. The van der Waals surface area contributed by atoms with Gasteiger partial charge >= 0.3 is 0 Å². The first kappa shape index (κ1) is 15.1. The van der Waals surface area contributed by atoms with E-state index in [0.29, 0.717) is 5.69 Å². The van der Waals surface area contributed by atoms with Crippen molar-refractivity contribution in [2.75, 3.05) is 0 Å². The lowest BCUT2D eigenvalue weighted by Crippen LogP contribution is -2.29. The molecular formula is C18H20N4O. The number of rotatable bonds is 5. The van der Waals surface area contributed by atoms with Crippen LogP contribution < -0.4 is 5.32 Å². The van der Waals surface area contributed by atoms with Crippen molar-refractivity contribution < 1.29 is 4.79 Å². The molecule has 0 unspecified atom stereocenters. The molecular weight excluding hydrogens is 288 g/mol. The zero-order valence-corrected chi connectivity index (χ0v) is 13.3. The number of carbonyl (C=O) groups excluding carboxylic acids is 1. The molecule has 23 heavy (non-hydrogen) atoms. The number of amides is 1. The Balaban J connectivity index is 1.76. The van der Waals surface area contributed by atoms with Gasteiger partial charge in [0.2, 0.25) is 0 Å². The van der Waals surface area contributed by atoms with Crippen LogP contribution in [0, 0.1) is 0 Å². The molecule has 0 saturated heterocycles. The third-order valence-corrected chi connectivity index (χ3v) is 3.94. The largest absolute Gasteiger partial charge is 0.351 e. The quantitative estimate of drug-likeness (QED) is 0.759. The maximum absolute atomic E-state index is 12.5. The molecule has 0 fully saturated rings. The van der Waals surface area contributed by atoms with E-state index < -0.39 is 0 Å². The minimum Gasteiger partial charge on any atom is -0.351 e. The molecule has 1 amide bonds. The van der Waals surface area contributed by atoms with Gasteiger partial charge in [-0.15, -0.1) is 0 Å². The average molecular weight is 308 g/mol. The molecule has 0 aliphatic heterocycles. The third-order valence-electron chi connectivity index (χ3n) is 3.94. The van der Waals surface area contributed by atoms with Crippen molar-refractivity contribution in [1.29, 1.82) is 0 Å². The Hall–Kier alpha value is -2.82. The van der Waals surface area contributed by atoms with Gasteiger partial charge in [-0.3, -0.25) is 9.48 Å². The maximum Gasteiger partial charge on any atom is 0.268 e. The molecule has 2 heterocycles. The number of carbonyl (C=O) groups is 1. The highest BCUT2D eigenvalue weighted by molar-refractivity contribution is 5.93. The molecule has 5 nitrogen and oxygen atoms in total. The topological polar surface area (TPSA) is 62.7 Å². The Morgan fingerprint density at radius 1 is 1.22 bits per heavy atom. The van der Waals surface area contributed by atoms with E-state index >= 15 is 0 Å². The predicted octanol–water partition coefficient (Wildman–Crippen LogP) is 3.30. The number of aromatic amines is 1. The zero-order valence-electron chi connectivity index (χ0n) is 13.3. The summed E-state index contributed by atoms with van der Waals surface area (Å²) in [5.74, 6) is -0.111. The van der Waals surface area contributed by atoms with E-state index in [0.717, 1.165) is 23.4 Å². The van der Waals surface area contributed by atoms with Gasteiger partial charge in [-0.2, -0.15) is 5.10 Å². The first-order valence-corrected chi connectivity index (χ1v) is 7.72. The lowest BCUT2D eigenvalue weighted by molar-refractivity contribution is 0.0929. The first-order valence-electron chi connectivity index (χ1n) is 7.72. The molecule has 0 spiro atoms. The van der Waals surface area contributed by atoms with Crippen LogP contribution in [0.2, 0.25) is 0 Å². The summed E-state index contributed by atoms with van der Waals surface area (Å²) in [6, 6.07) is 15.6. The van der Waals surface area contributed by atoms with E-state index in [1.54, 1.807) is 10.9 Å². The Labute approximate surface area is 135 Å². The minimum absolute atomic E-state index is 0.0570. The van der Waals surface area contributed by atoms with E-state index in [4.69, 9.17) is 0 Å². The van der Waals surface area contributed by atoms with Gasteiger partial charge in [0, 0.05) is 18.9 Å². The molecule has 1 aromatic carbocycles. The van der Waals surface area contributed by atoms with Crippen LogP contribution in [0.5, 0.6) is 0 Å². The molecule has 0 bridgehead atoms. The number of hydrogen-bond donors (Lipinski definition) is 2. The first-order chi connectivity index (χ1) is 11.2. The lowest BCUT2D eigenvalue weighted by atomic mass is 10.1. The summed E-state index contributed by atoms with van der Waals surface area (Å²) in [5, 5.41) is 7.23. The number of hydrogen-bond acceptors (Lipinski definition) is 2. The number of H-pyrrole nitrogens is 1. The minimum atomic E-state index is -0.111. The van der Waals surface area contributed by atoms with Crippen LogP contribution in [0.4, 0.5) is 0 Å². The number of nitrogens with one attached hydrogen (secondary N) is 2. The van der Waals surface area contributed by atoms with E-state index in [-0.39, 0.29) is 11.9 Å². The van der Waals surface area contributed by atoms with Gasteiger partial charge < -0.3 is 10.3 Å². The molecule has 0 aliphatic carbocycles. The fourth-order valence-corrected chi connectivity index (χ4v) is 2.66. The van der Waals surface area contributed by atoms with E-state index in [2.05, 4.69) is 15.4 Å². The summed E-state index contributed by atoms with van der Waals surface area (Å²) in [4.78, 5) is 15.7. The van der Waals surface area contributed by atoms with Crippen molar-refractivity contribution in [3.8, 4) is 11.3 Å². The smallest absolute Gasteiger partial charge is 0.268 e. The molecule has 0 radical (unpaired) electrons. The average Bonchev–Trinajstić information content (AvgIpc) is 3.22. The van der Waals surface area contributed by atoms with Crippen molar-refractivity contribution in [3.63, 3.8) is 0 Å². The summed E-state index contributed by atoms with van der Waals surface area (Å²) >= 11 is 0.